The van der Waals surface area contributed by atoms with Gasteiger partial charge < -0.3 is 4.74 Å². The Morgan fingerprint density at radius 1 is 1.00 bits per heavy atom. The van der Waals surface area contributed by atoms with E-state index in [0.717, 1.165) is 4.47 Å². The van der Waals surface area contributed by atoms with Crippen LogP contribution in [0.4, 0.5) is 13.2 Å². The Bertz CT molecular complexity index is 525. The third-order valence-electron chi connectivity index (χ3n) is 1.97. The average molecular weight is 319 g/mol. The summed E-state index contributed by atoms with van der Waals surface area (Å²) in [6.45, 7) is 0. The highest BCUT2D eigenvalue weighted by atomic mass is 79.9. The van der Waals surface area contributed by atoms with Crippen molar-refractivity contribution in [3.8, 4) is 17.1 Å². The molecule has 7 heteroatoms. The Kier molecular flexibility index (Phi) is 3.51. The molecule has 1 aromatic carbocycles. The number of halogens is 4. The minimum absolute atomic E-state index is 0.275. The first-order valence-electron chi connectivity index (χ1n) is 4.78. The first-order valence-corrected chi connectivity index (χ1v) is 5.57. The molecular formula is C11H6BrF3N2O. The van der Waals surface area contributed by atoms with Crippen LogP contribution >= 0.6 is 15.9 Å². The molecule has 0 radical (unpaired) electrons. The van der Waals surface area contributed by atoms with Gasteiger partial charge >= 0.3 is 6.36 Å². The van der Waals surface area contributed by atoms with Crippen LogP contribution in [0.5, 0.6) is 5.75 Å². The summed E-state index contributed by atoms with van der Waals surface area (Å²) in [7, 11) is 0. The van der Waals surface area contributed by atoms with Crippen LogP contribution in [0.3, 0.4) is 0 Å². The predicted molar refractivity (Wildman–Crippen MR) is 61.9 cm³/mol. The van der Waals surface area contributed by atoms with Gasteiger partial charge in [-0.25, -0.2) is 9.97 Å². The zero-order chi connectivity index (χ0) is 13.2. The molecule has 1 aromatic heterocycles. The largest absolute Gasteiger partial charge is 0.573 e. The standard InChI is InChI=1S/C11H6BrF3N2O/c12-8-5-16-10(17-6-8)7-1-3-9(4-2-7)18-11(13,14)15/h1-6H. The van der Waals surface area contributed by atoms with Crippen LogP contribution < -0.4 is 4.74 Å². The van der Waals surface area contributed by atoms with Crippen LogP contribution in [-0.4, -0.2) is 16.3 Å². The van der Waals surface area contributed by atoms with Crippen molar-refractivity contribution < 1.29 is 17.9 Å². The average Bonchev–Trinajstić information content (AvgIpc) is 2.29. The van der Waals surface area contributed by atoms with Gasteiger partial charge in [-0.2, -0.15) is 0 Å². The lowest BCUT2D eigenvalue weighted by Gasteiger charge is -2.08. The number of benzene rings is 1. The molecule has 18 heavy (non-hydrogen) atoms. The number of rotatable bonds is 2. The minimum atomic E-state index is -4.68. The maximum atomic E-state index is 12.0. The lowest BCUT2D eigenvalue weighted by Crippen LogP contribution is -2.16. The van der Waals surface area contributed by atoms with E-state index in [1.54, 1.807) is 12.4 Å². The number of hydrogen-bond donors (Lipinski definition) is 0. The summed E-state index contributed by atoms with van der Waals surface area (Å²) in [4.78, 5) is 8.06. The van der Waals surface area contributed by atoms with Crippen LogP contribution in [0.1, 0.15) is 0 Å². The quantitative estimate of drug-likeness (QED) is 0.844. The van der Waals surface area contributed by atoms with E-state index in [2.05, 4.69) is 30.6 Å². The van der Waals surface area contributed by atoms with Crippen molar-refractivity contribution in [2.75, 3.05) is 0 Å². The fourth-order valence-corrected chi connectivity index (χ4v) is 1.47. The number of nitrogens with zero attached hydrogens (tertiary/aromatic N) is 2. The van der Waals surface area contributed by atoms with Crippen LogP contribution in [0, 0.1) is 0 Å². The number of alkyl halides is 3. The molecule has 2 rings (SSSR count). The highest BCUT2D eigenvalue weighted by Crippen LogP contribution is 2.25. The lowest BCUT2D eigenvalue weighted by atomic mass is 10.2. The van der Waals surface area contributed by atoms with E-state index in [4.69, 9.17) is 0 Å². The second-order valence-electron chi connectivity index (χ2n) is 3.30. The molecular weight excluding hydrogens is 313 g/mol. The van der Waals surface area contributed by atoms with Gasteiger partial charge in [-0.1, -0.05) is 0 Å². The molecule has 0 aliphatic rings. The van der Waals surface area contributed by atoms with Crippen molar-refractivity contribution in [3.05, 3.63) is 41.1 Å². The van der Waals surface area contributed by atoms with Crippen LogP contribution in [-0.2, 0) is 0 Å². The molecule has 1 heterocycles. The molecule has 0 unspecified atom stereocenters. The maximum Gasteiger partial charge on any atom is 0.573 e. The molecule has 3 nitrogen and oxygen atoms in total. The van der Waals surface area contributed by atoms with Crippen molar-refractivity contribution in [3.63, 3.8) is 0 Å². The van der Waals surface area contributed by atoms with E-state index in [9.17, 15) is 13.2 Å². The van der Waals surface area contributed by atoms with E-state index in [-0.39, 0.29) is 5.75 Å². The normalized spacial score (nSPS) is 11.3. The van der Waals surface area contributed by atoms with Crippen LogP contribution in [0.25, 0.3) is 11.4 Å². The molecule has 94 valence electrons. The predicted octanol–water partition coefficient (Wildman–Crippen LogP) is 3.80. The van der Waals surface area contributed by atoms with E-state index < -0.39 is 6.36 Å². The summed E-state index contributed by atoms with van der Waals surface area (Å²) in [6.07, 6.45) is -1.57. The first-order chi connectivity index (χ1) is 8.44. The van der Waals surface area contributed by atoms with Crippen molar-refractivity contribution >= 4 is 15.9 Å². The molecule has 2 aromatic rings. The monoisotopic (exact) mass is 318 g/mol. The SMILES string of the molecule is FC(F)(F)Oc1ccc(-c2ncc(Br)cn2)cc1. The van der Waals surface area contributed by atoms with E-state index in [1.807, 2.05) is 0 Å². The summed E-state index contributed by atoms with van der Waals surface area (Å²) in [6, 6.07) is 5.36. The Morgan fingerprint density at radius 2 is 1.56 bits per heavy atom. The Balaban J connectivity index is 2.20. The molecule has 0 aliphatic carbocycles. The van der Waals surface area contributed by atoms with Gasteiger partial charge in [-0.15, -0.1) is 13.2 Å². The maximum absolute atomic E-state index is 12.0. The number of ether oxygens (including phenoxy) is 1. The topological polar surface area (TPSA) is 35.0 Å². The molecule has 0 fully saturated rings. The molecule has 0 spiro atoms. The fourth-order valence-electron chi connectivity index (χ4n) is 1.27. The zero-order valence-corrected chi connectivity index (χ0v) is 10.4. The Hall–Kier alpha value is -1.63. The van der Waals surface area contributed by atoms with Gasteiger partial charge in [-0.05, 0) is 40.2 Å². The molecule has 0 N–H and O–H groups in total. The minimum Gasteiger partial charge on any atom is -0.406 e. The van der Waals surface area contributed by atoms with Gasteiger partial charge in [0.1, 0.15) is 5.75 Å². The summed E-state index contributed by atoms with van der Waals surface area (Å²) in [5.74, 6) is 0.153. The number of aromatic nitrogens is 2. The summed E-state index contributed by atoms with van der Waals surface area (Å²) in [5.41, 5.74) is 0.608. The van der Waals surface area contributed by atoms with E-state index in [1.165, 1.54) is 24.3 Å². The van der Waals surface area contributed by atoms with Crippen LogP contribution in [0.15, 0.2) is 41.1 Å². The lowest BCUT2D eigenvalue weighted by molar-refractivity contribution is -0.274. The Labute approximate surface area is 109 Å². The number of hydrogen-bond acceptors (Lipinski definition) is 3. The first kappa shape index (κ1) is 12.8. The van der Waals surface area contributed by atoms with Crippen molar-refractivity contribution in [2.45, 2.75) is 6.36 Å². The summed E-state index contributed by atoms with van der Waals surface area (Å²) < 4.78 is 40.4. The highest BCUT2D eigenvalue weighted by molar-refractivity contribution is 9.10. The van der Waals surface area contributed by atoms with E-state index >= 15 is 0 Å². The molecule has 0 bridgehead atoms. The highest BCUT2D eigenvalue weighted by Gasteiger charge is 2.30. The van der Waals surface area contributed by atoms with E-state index in [0.29, 0.717) is 11.4 Å². The molecule has 0 atom stereocenters. The van der Waals surface area contributed by atoms with Crippen molar-refractivity contribution in [1.29, 1.82) is 0 Å². The van der Waals surface area contributed by atoms with Gasteiger partial charge in [0.05, 0.1) is 4.47 Å². The summed E-state index contributed by atoms with van der Waals surface area (Å²) in [5, 5.41) is 0. The smallest absolute Gasteiger partial charge is 0.406 e. The summed E-state index contributed by atoms with van der Waals surface area (Å²) >= 11 is 3.19. The van der Waals surface area contributed by atoms with Gasteiger partial charge in [0.15, 0.2) is 5.82 Å². The molecule has 0 saturated heterocycles. The van der Waals surface area contributed by atoms with Gasteiger partial charge in [-0.3, -0.25) is 0 Å². The fraction of sp³-hybridized carbons (Fsp3) is 0.0909. The molecule has 0 aliphatic heterocycles. The van der Waals surface area contributed by atoms with Gasteiger partial charge in [0.25, 0.3) is 0 Å². The van der Waals surface area contributed by atoms with Crippen LogP contribution in [0.2, 0.25) is 0 Å². The van der Waals surface area contributed by atoms with Crippen molar-refractivity contribution in [2.24, 2.45) is 0 Å². The Morgan fingerprint density at radius 3 is 2.06 bits per heavy atom. The third kappa shape index (κ3) is 3.43. The van der Waals surface area contributed by atoms with Crippen molar-refractivity contribution in [1.82, 2.24) is 9.97 Å². The zero-order valence-electron chi connectivity index (χ0n) is 8.78. The second-order valence-corrected chi connectivity index (χ2v) is 4.21. The second kappa shape index (κ2) is 4.93. The molecule has 0 saturated carbocycles. The third-order valence-corrected chi connectivity index (χ3v) is 2.38. The molecule has 0 amide bonds. The van der Waals surface area contributed by atoms with Gasteiger partial charge in [0, 0.05) is 18.0 Å². The van der Waals surface area contributed by atoms with Gasteiger partial charge in [0.2, 0.25) is 0 Å².